The number of alkyl halides is 17. The van der Waals surface area contributed by atoms with Gasteiger partial charge < -0.3 is 5.11 Å². The minimum atomic E-state index is -8.72. The number of carboxylic acid groups (broad SMARTS) is 1. The summed E-state index contributed by atoms with van der Waals surface area (Å²) < 4.78 is 222. The van der Waals surface area contributed by atoms with Crippen LogP contribution < -0.4 is 0 Å². The van der Waals surface area contributed by atoms with E-state index in [0.717, 1.165) is 6.92 Å². The predicted molar refractivity (Wildman–Crippen MR) is 71.3 cm³/mol. The Labute approximate surface area is 171 Å². The van der Waals surface area contributed by atoms with E-state index in [9.17, 15) is 79.4 Å². The van der Waals surface area contributed by atoms with Crippen molar-refractivity contribution in [2.45, 2.75) is 67.4 Å². The third kappa shape index (κ3) is 4.42. The van der Waals surface area contributed by atoms with Gasteiger partial charge in [0.2, 0.25) is 0 Å². The molecule has 0 aromatic carbocycles. The fraction of sp³-hybridized carbons (Fsp3) is 0.786. The second-order valence-corrected chi connectivity index (χ2v) is 6.29. The van der Waals surface area contributed by atoms with Gasteiger partial charge in [0.05, 0.1) is 0 Å². The summed E-state index contributed by atoms with van der Waals surface area (Å²) in [6, 6.07) is 0. The first kappa shape index (κ1) is 31.0. The molecule has 0 amide bonds. The van der Waals surface area contributed by atoms with Crippen molar-refractivity contribution >= 4 is 5.97 Å². The Kier molecular flexibility index (Phi) is 7.85. The molecule has 196 valence electrons. The van der Waals surface area contributed by atoms with Crippen LogP contribution in [0.3, 0.4) is 0 Å². The smallest absolute Gasteiger partial charge is 0.460 e. The SMILES string of the molecule is CCCC(=CC(F)(F)C(F)(F)C(F)(F)C(F)(F)C(F)(F)C(F)(F)C(F)(F)C(F)(F)F)C(=O)O. The highest BCUT2D eigenvalue weighted by molar-refractivity contribution is 5.86. The fourth-order valence-electron chi connectivity index (χ4n) is 2.00. The van der Waals surface area contributed by atoms with Gasteiger partial charge in [-0.1, -0.05) is 13.3 Å². The molecule has 2 nitrogen and oxygen atoms in total. The standard InChI is InChI=1S/C14H9F17O2/c1-2-3-5(6(32)33)4-7(15,16)8(17,18)9(19,20)10(21,22)11(23,24)12(25,26)13(27,28)14(29,30)31/h4H,2-3H2,1H3,(H,32,33). The molecule has 0 bridgehead atoms. The van der Waals surface area contributed by atoms with E-state index in [2.05, 4.69) is 0 Å². The minimum Gasteiger partial charge on any atom is -0.478 e. The molecule has 0 spiro atoms. The molecule has 0 aromatic heterocycles. The summed E-state index contributed by atoms with van der Waals surface area (Å²) in [5, 5.41) is 8.51. The van der Waals surface area contributed by atoms with Crippen LogP contribution >= 0.6 is 0 Å². The zero-order valence-corrected chi connectivity index (χ0v) is 15.3. The summed E-state index contributed by atoms with van der Waals surface area (Å²) >= 11 is 0. The summed E-state index contributed by atoms with van der Waals surface area (Å²) in [7, 11) is 0. The van der Waals surface area contributed by atoms with Gasteiger partial charge in [-0.05, 0) is 6.42 Å². The van der Waals surface area contributed by atoms with Crippen molar-refractivity contribution in [1.29, 1.82) is 0 Å². The Morgan fingerprint density at radius 3 is 1.18 bits per heavy atom. The number of hydrogen-bond donors (Lipinski definition) is 1. The van der Waals surface area contributed by atoms with Gasteiger partial charge in [0.25, 0.3) is 0 Å². The van der Waals surface area contributed by atoms with Crippen molar-refractivity contribution < 1.29 is 84.5 Å². The molecular formula is C14H9F17O2. The summed E-state index contributed by atoms with van der Waals surface area (Å²) in [4.78, 5) is 10.6. The molecule has 0 aliphatic heterocycles. The van der Waals surface area contributed by atoms with Gasteiger partial charge in [0.1, 0.15) is 0 Å². The molecule has 0 unspecified atom stereocenters. The number of allylic oxidation sites excluding steroid dienone is 1. The number of hydrogen-bond acceptors (Lipinski definition) is 1. The summed E-state index contributed by atoms with van der Waals surface area (Å²) in [6.07, 6.45) is -11.0. The summed E-state index contributed by atoms with van der Waals surface area (Å²) in [5.74, 6) is -60.0. The van der Waals surface area contributed by atoms with E-state index >= 15 is 0 Å². The van der Waals surface area contributed by atoms with Gasteiger partial charge >= 0.3 is 53.6 Å². The molecule has 0 aliphatic rings. The molecule has 0 saturated heterocycles. The van der Waals surface area contributed by atoms with Gasteiger partial charge in [-0.15, -0.1) is 0 Å². The molecule has 0 radical (unpaired) electrons. The Balaban J connectivity index is 6.88. The number of halogens is 17. The second-order valence-electron chi connectivity index (χ2n) is 6.29. The first-order valence-corrected chi connectivity index (χ1v) is 7.78. The highest BCUT2D eigenvalue weighted by Crippen LogP contribution is 2.64. The van der Waals surface area contributed by atoms with E-state index in [-0.39, 0.29) is 0 Å². The lowest BCUT2D eigenvalue weighted by molar-refractivity contribution is -0.459. The predicted octanol–water partition coefficient (Wildman–Crippen LogP) is 6.81. The van der Waals surface area contributed by atoms with Crippen LogP contribution in [0.25, 0.3) is 0 Å². The van der Waals surface area contributed by atoms with Gasteiger partial charge in [-0.3, -0.25) is 0 Å². The lowest BCUT2D eigenvalue weighted by atomic mass is 9.88. The maximum absolute atomic E-state index is 13.6. The van der Waals surface area contributed by atoms with E-state index in [1.807, 2.05) is 0 Å². The van der Waals surface area contributed by atoms with E-state index in [1.54, 1.807) is 0 Å². The molecule has 19 heteroatoms. The molecule has 0 aromatic rings. The van der Waals surface area contributed by atoms with E-state index in [4.69, 9.17) is 5.11 Å². The average Bonchev–Trinajstić information content (AvgIpc) is 2.58. The molecular weight excluding hydrogens is 523 g/mol. The Bertz CT molecular complexity index is 762. The number of carbonyl (C=O) groups is 1. The maximum Gasteiger partial charge on any atom is 0.460 e. The Morgan fingerprint density at radius 2 is 0.909 bits per heavy atom. The zero-order valence-electron chi connectivity index (χ0n) is 15.3. The maximum atomic E-state index is 13.6. The van der Waals surface area contributed by atoms with Crippen LogP contribution in [0.5, 0.6) is 0 Å². The molecule has 0 saturated carbocycles. The normalized spacial score (nSPS) is 16.2. The minimum absolute atomic E-state index is 0.483. The monoisotopic (exact) mass is 532 g/mol. The number of rotatable bonds is 10. The third-order valence-electron chi connectivity index (χ3n) is 3.90. The first-order chi connectivity index (χ1) is 14.1. The van der Waals surface area contributed by atoms with Crippen LogP contribution in [0.1, 0.15) is 19.8 Å². The van der Waals surface area contributed by atoms with Crippen molar-refractivity contribution in [3.05, 3.63) is 11.6 Å². The van der Waals surface area contributed by atoms with Gasteiger partial charge in [-0.25, -0.2) is 4.79 Å². The topological polar surface area (TPSA) is 37.3 Å². The third-order valence-corrected chi connectivity index (χ3v) is 3.90. The largest absolute Gasteiger partial charge is 0.478 e. The molecule has 0 atom stereocenters. The highest BCUT2D eigenvalue weighted by atomic mass is 19.4. The highest BCUT2D eigenvalue weighted by Gasteiger charge is 2.95. The van der Waals surface area contributed by atoms with E-state index < -0.39 is 78.1 Å². The quantitative estimate of drug-likeness (QED) is 0.248. The number of carboxylic acids is 1. The van der Waals surface area contributed by atoms with Crippen molar-refractivity contribution in [3.63, 3.8) is 0 Å². The van der Waals surface area contributed by atoms with Crippen LogP contribution in [-0.4, -0.2) is 58.7 Å². The van der Waals surface area contributed by atoms with Crippen molar-refractivity contribution in [2.24, 2.45) is 0 Å². The lowest BCUT2D eigenvalue weighted by Crippen LogP contribution is -2.74. The molecule has 0 fully saturated rings. The van der Waals surface area contributed by atoms with Crippen molar-refractivity contribution in [2.75, 3.05) is 0 Å². The van der Waals surface area contributed by atoms with Gasteiger partial charge in [-0.2, -0.15) is 74.6 Å². The van der Waals surface area contributed by atoms with Gasteiger partial charge in [0.15, 0.2) is 0 Å². The van der Waals surface area contributed by atoms with Crippen LogP contribution in [0.2, 0.25) is 0 Å². The Morgan fingerprint density at radius 1 is 0.606 bits per heavy atom. The first-order valence-electron chi connectivity index (χ1n) is 7.78. The molecule has 1 N–H and O–H groups in total. The van der Waals surface area contributed by atoms with Crippen LogP contribution in [-0.2, 0) is 4.79 Å². The summed E-state index contributed by atoms with van der Waals surface area (Å²) in [6.45, 7) is 0.999. The molecule has 0 heterocycles. The summed E-state index contributed by atoms with van der Waals surface area (Å²) in [5.41, 5.74) is -1.87. The van der Waals surface area contributed by atoms with Crippen molar-refractivity contribution in [1.82, 2.24) is 0 Å². The van der Waals surface area contributed by atoms with Crippen LogP contribution in [0.4, 0.5) is 74.6 Å². The van der Waals surface area contributed by atoms with Crippen molar-refractivity contribution in [3.8, 4) is 0 Å². The van der Waals surface area contributed by atoms with Crippen LogP contribution in [0.15, 0.2) is 11.6 Å². The van der Waals surface area contributed by atoms with E-state index in [1.165, 1.54) is 0 Å². The molecule has 0 rings (SSSR count). The van der Waals surface area contributed by atoms with Gasteiger partial charge in [0, 0.05) is 11.6 Å². The fourth-order valence-corrected chi connectivity index (χ4v) is 2.00. The zero-order chi connectivity index (χ0) is 27.3. The Hall–Kier alpha value is -1.98. The molecule has 33 heavy (non-hydrogen) atoms. The number of aliphatic carboxylic acids is 1. The lowest BCUT2D eigenvalue weighted by Gasteiger charge is -2.42. The van der Waals surface area contributed by atoms with Crippen LogP contribution in [0, 0.1) is 0 Å². The van der Waals surface area contributed by atoms with E-state index in [0.29, 0.717) is 0 Å². The molecule has 0 aliphatic carbocycles. The average molecular weight is 532 g/mol. The second kappa shape index (κ2) is 8.35.